The van der Waals surface area contributed by atoms with Gasteiger partial charge in [0.1, 0.15) is 12.0 Å². The molecule has 5 heteroatoms. The Bertz CT molecular complexity index is 856. The zero-order valence-electron chi connectivity index (χ0n) is 14.3. The number of aryl methyl sites for hydroxylation is 1. The molecule has 0 bridgehead atoms. The fourth-order valence-corrected chi connectivity index (χ4v) is 2.47. The minimum atomic E-state index is -0.169. The van der Waals surface area contributed by atoms with Gasteiger partial charge in [0.2, 0.25) is 11.8 Å². The molecule has 0 spiro atoms. The van der Waals surface area contributed by atoms with Crippen molar-refractivity contribution in [2.75, 3.05) is 11.9 Å². The molecular weight excluding hydrogens is 316 g/mol. The first-order valence-corrected chi connectivity index (χ1v) is 8.19. The lowest BCUT2D eigenvalue weighted by atomic mass is 10.2. The molecule has 0 atom stereocenters. The van der Waals surface area contributed by atoms with Crippen LogP contribution >= 0.6 is 0 Å². The molecule has 3 aromatic rings. The maximum atomic E-state index is 12.3. The Labute approximate surface area is 146 Å². The van der Waals surface area contributed by atoms with Crippen LogP contribution in [-0.4, -0.2) is 17.5 Å². The van der Waals surface area contributed by atoms with Crippen LogP contribution in [0.25, 0.3) is 11.5 Å². The van der Waals surface area contributed by atoms with Gasteiger partial charge in [-0.3, -0.25) is 4.79 Å². The molecule has 0 unspecified atom stereocenters. The van der Waals surface area contributed by atoms with Crippen molar-refractivity contribution in [2.45, 2.75) is 20.3 Å². The van der Waals surface area contributed by atoms with Gasteiger partial charge in [-0.2, -0.15) is 0 Å². The molecule has 0 fully saturated rings. The third-order valence-corrected chi connectivity index (χ3v) is 3.63. The van der Waals surface area contributed by atoms with Crippen molar-refractivity contribution in [1.82, 2.24) is 4.98 Å². The van der Waals surface area contributed by atoms with Gasteiger partial charge in [-0.25, -0.2) is 4.98 Å². The summed E-state index contributed by atoms with van der Waals surface area (Å²) >= 11 is 0. The molecule has 1 aromatic heterocycles. The molecule has 1 N–H and O–H groups in total. The summed E-state index contributed by atoms with van der Waals surface area (Å²) in [7, 11) is 0. The van der Waals surface area contributed by atoms with Gasteiger partial charge in [0.15, 0.2) is 0 Å². The van der Waals surface area contributed by atoms with Crippen molar-refractivity contribution in [1.29, 1.82) is 0 Å². The van der Waals surface area contributed by atoms with Crippen LogP contribution in [0.3, 0.4) is 0 Å². The van der Waals surface area contributed by atoms with E-state index >= 15 is 0 Å². The van der Waals surface area contributed by atoms with Crippen molar-refractivity contribution < 1.29 is 13.9 Å². The monoisotopic (exact) mass is 336 g/mol. The van der Waals surface area contributed by atoms with E-state index in [-0.39, 0.29) is 12.3 Å². The summed E-state index contributed by atoms with van der Waals surface area (Å²) in [5.41, 5.74) is 3.20. The van der Waals surface area contributed by atoms with Crippen LogP contribution in [0.2, 0.25) is 0 Å². The molecule has 3 rings (SSSR count). The quantitative estimate of drug-likeness (QED) is 0.731. The molecule has 0 saturated heterocycles. The van der Waals surface area contributed by atoms with Crippen molar-refractivity contribution in [2.24, 2.45) is 0 Å². The minimum absolute atomic E-state index is 0.135. The van der Waals surface area contributed by atoms with Crippen LogP contribution in [0.1, 0.15) is 18.2 Å². The van der Waals surface area contributed by atoms with Crippen molar-refractivity contribution in [3.8, 4) is 17.2 Å². The molecule has 1 amide bonds. The molecule has 1 heterocycles. The Balaban J connectivity index is 1.68. The molecule has 5 nitrogen and oxygen atoms in total. The number of oxazole rings is 1. The third-order valence-electron chi connectivity index (χ3n) is 3.63. The Kier molecular flexibility index (Phi) is 5.14. The second-order valence-electron chi connectivity index (χ2n) is 5.67. The van der Waals surface area contributed by atoms with Gasteiger partial charge in [0.05, 0.1) is 24.4 Å². The highest BCUT2D eigenvalue weighted by Gasteiger charge is 2.12. The van der Waals surface area contributed by atoms with Crippen LogP contribution < -0.4 is 10.1 Å². The second-order valence-corrected chi connectivity index (χ2v) is 5.67. The first kappa shape index (κ1) is 16.8. The number of ether oxygens (including phenoxy) is 1. The summed E-state index contributed by atoms with van der Waals surface area (Å²) in [6, 6.07) is 15.3. The molecular formula is C20H20N2O3. The predicted octanol–water partition coefficient (Wildman–Crippen LogP) is 4.23. The van der Waals surface area contributed by atoms with Gasteiger partial charge in [-0.1, -0.05) is 24.3 Å². The number of benzene rings is 2. The molecule has 0 aliphatic carbocycles. The molecule has 25 heavy (non-hydrogen) atoms. The smallest absolute Gasteiger partial charge is 0.230 e. The van der Waals surface area contributed by atoms with E-state index in [1.54, 1.807) is 0 Å². The minimum Gasteiger partial charge on any atom is -0.492 e. The number of nitrogens with one attached hydrogen (secondary N) is 1. The fraction of sp³-hybridized carbons (Fsp3) is 0.200. The van der Waals surface area contributed by atoms with E-state index < -0.39 is 0 Å². The number of rotatable bonds is 6. The molecule has 2 aromatic carbocycles. The first-order chi connectivity index (χ1) is 12.2. The average molecular weight is 336 g/mol. The normalized spacial score (nSPS) is 10.5. The maximum absolute atomic E-state index is 12.3. The number of aromatic nitrogens is 1. The van der Waals surface area contributed by atoms with Crippen molar-refractivity contribution >= 4 is 11.6 Å². The number of hydrogen-bond donors (Lipinski definition) is 1. The van der Waals surface area contributed by atoms with E-state index in [1.807, 2.05) is 62.4 Å². The largest absolute Gasteiger partial charge is 0.492 e. The average Bonchev–Trinajstić information content (AvgIpc) is 3.07. The van der Waals surface area contributed by atoms with Crippen LogP contribution in [0.4, 0.5) is 5.69 Å². The standard InChI is InChI=1S/C20H20N2O3/c1-3-24-18-11-14(2)9-10-17(18)22-19(23)12-16-13-25-20(21-16)15-7-5-4-6-8-15/h4-11,13H,3,12H2,1-2H3,(H,22,23). The SMILES string of the molecule is CCOc1cc(C)ccc1NC(=O)Cc1coc(-c2ccccc2)n1. The van der Waals surface area contributed by atoms with E-state index in [1.165, 1.54) is 6.26 Å². The van der Waals surface area contributed by atoms with Crippen LogP contribution in [0.15, 0.2) is 59.2 Å². The molecule has 0 saturated carbocycles. The van der Waals surface area contributed by atoms with Gasteiger partial charge >= 0.3 is 0 Å². The molecule has 0 aliphatic heterocycles. The zero-order chi connectivity index (χ0) is 17.6. The van der Waals surface area contributed by atoms with E-state index in [0.29, 0.717) is 29.6 Å². The number of hydrogen-bond acceptors (Lipinski definition) is 4. The highest BCUT2D eigenvalue weighted by Crippen LogP contribution is 2.26. The fourth-order valence-electron chi connectivity index (χ4n) is 2.47. The molecule has 0 aliphatic rings. The van der Waals surface area contributed by atoms with E-state index in [9.17, 15) is 4.79 Å². The van der Waals surface area contributed by atoms with Gasteiger partial charge in [0, 0.05) is 5.56 Å². The Morgan fingerprint density at radius 2 is 2.00 bits per heavy atom. The summed E-state index contributed by atoms with van der Waals surface area (Å²) in [5, 5.41) is 2.87. The lowest BCUT2D eigenvalue weighted by Gasteiger charge is -2.11. The molecule has 0 radical (unpaired) electrons. The number of anilines is 1. The number of carbonyl (C=O) groups is 1. The van der Waals surface area contributed by atoms with E-state index in [2.05, 4.69) is 10.3 Å². The lowest BCUT2D eigenvalue weighted by Crippen LogP contribution is -2.15. The first-order valence-electron chi connectivity index (χ1n) is 8.19. The third kappa shape index (κ3) is 4.26. The van der Waals surface area contributed by atoms with E-state index in [0.717, 1.165) is 11.1 Å². The van der Waals surface area contributed by atoms with Crippen molar-refractivity contribution in [3.63, 3.8) is 0 Å². The topological polar surface area (TPSA) is 64.4 Å². The van der Waals surface area contributed by atoms with Gasteiger partial charge in [-0.15, -0.1) is 0 Å². The van der Waals surface area contributed by atoms with Crippen LogP contribution in [-0.2, 0) is 11.2 Å². The van der Waals surface area contributed by atoms with Crippen LogP contribution in [0, 0.1) is 6.92 Å². The van der Waals surface area contributed by atoms with Crippen molar-refractivity contribution in [3.05, 3.63) is 66.1 Å². The van der Waals surface area contributed by atoms with Crippen LogP contribution in [0.5, 0.6) is 5.75 Å². The predicted molar refractivity (Wildman–Crippen MR) is 96.6 cm³/mol. The van der Waals surface area contributed by atoms with Gasteiger partial charge in [-0.05, 0) is 43.7 Å². The summed E-state index contributed by atoms with van der Waals surface area (Å²) in [4.78, 5) is 16.7. The summed E-state index contributed by atoms with van der Waals surface area (Å²) in [5.74, 6) is 1.01. The van der Waals surface area contributed by atoms with Gasteiger partial charge in [0.25, 0.3) is 0 Å². The lowest BCUT2D eigenvalue weighted by molar-refractivity contribution is -0.115. The number of amides is 1. The summed E-state index contributed by atoms with van der Waals surface area (Å²) in [6.07, 6.45) is 1.65. The molecule has 128 valence electrons. The highest BCUT2D eigenvalue weighted by molar-refractivity contribution is 5.93. The van der Waals surface area contributed by atoms with Gasteiger partial charge < -0.3 is 14.5 Å². The summed E-state index contributed by atoms with van der Waals surface area (Å²) < 4.78 is 11.0. The number of carbonyl (C=O) groups excluding carboxylic acids is 1. The maximum Gasteiger partial charge on any atom is 0.230 e. The summed E-state index contributed by atoms with van der Waals surface area (Å²) in [6.45, 7) is 4.43. The zero-order valence-corrected chi connectivity index (χ0v) is 14.3. The Morgan fingerprint density at radius 1 is 1.20 bits per heavy atom. The number of nitrogens with zero attached hydrogens (tertiary/aromatic N) is 1. The second kappa shape index (κ2) is 7.66. The van der Waals surface area contributed by atoms with E-state index in [4.69, 9.17) is 9.15 Å². The Morgan fingerprint density at radius 3 is 2.76 bits per heavy atom. The highest BCUT2D eigenvalue weighted by atomic mass is 16.5. The Hall–Kier alpha value is -3.08.